The summed E-state index contributed by atoms with van der Waals surface area (Å²) in [5.41, 5.74) is 13.7. The molecule has 2 unspecified atom stereocenters. The van der Waals surface area contributed by atoms with Gasteiger partial charge in [0.15, 0.2) is 0 Å². The number of para-hydroxylation sites is 2. The topological polar surface area (TPSA) is 77.5 Å². The zero-order valence-corrected chi connectivity index (χ0v) is 43.2. The molecule has 0 N–H and O–H groups in total. The number of ether oxygens (including phenoxy) is 4. The van der Waals surface area contributed by atoms with Crippen LogP contribution in [0.2, 0.25) is 0 Å². The van der Waals surface area contributed by atoms with Gasteiger partial charge >= 0.3 is 12.1 Å². The molecule has 0 fully saturated rings. The Morgan fingerprint density at radius 2 is 0.697 bits per heavy atom. The van der Waals surface area contributed by atoms with Gasteiger partial charge in [0.1, 0.15) is 11.5 Å². The molecule has 0 radical (unpaired) electrons. The Kier molecular flexibility index (Phi) is 18.0. The van der Waals surface area contributed by atoms with E-state index in [1.807, 2.05) is 48.5 Å². The van der Waals surface area contributed by atoms with Crippen molar-refractivity contribution in [3.63, 3.8) is 0 Å². The summed E-state index contributed by atoms with van der Waals surface area (Å²) in [5, 5.41) is 0. The van der Waals surface area contributed by atoms with Gasteiger partial charge in [-0.2, -0.15) is 0 Å². The SMILES string of the molecule is COc1ccc(N(c2ccccc2)c2ccc(CC(c3ccccc3)c3ccc(C(Cc4ccc(N(c5ccccc5)c5ccc(OC(=O)OCCCCCCOC(C)=O)cc5)cc4)c4ccccc4)cc3)cc2)cc1. The summed E-state index contributed by atoms with van der Waals surface area (Å²) in [6, 6.07) is 85.2. The maximum Gasteiger partial charge on any atom is 0.513 e. The number of methoxy groups -OCH3 is 1. The van der Waals surface area contributed by atoms with Crippen molar-refractivity contribution in [1.29, 1.82) is 0 Å². The third-order valence-electron chi connectivity index (χ3n) is 13.6. The van der Waals surface area contributed by atoms with Crippen molar-refractivity contribution >= 4 is 46.2 Å². The van der Waals surface area contributed by atoms with Gasteiger partial charge in [-0.3, -0.25) is 4.79 Å². The first-order valence-electron chi connectivity index (χ1n) is 26.2. The molecule has 8 nitrogen and oxygen atoms in total. The summed E-state index contributed by atoms with van der Waals surface area (Å²) in [6.07, 6.45) is 4.16. The highest BCUT2D eigenvalue weighted by Crippen LogP contribution is 2.39. The van der Waals surface area contributed by atoms with E-state index in [-0.39, 0.29) is 24.4 Å². The first-order chi connectivity index (χ1) is 37.4. The number of anilines is 6. The van der Waals surface area contributed by atoms with Crippen molar-refractivity contribution in [1.82, 2.24) is 0 Å². The number of esters is 1. The number of unbranched alkanes of at least 4 members (excludes halogenated alkanes) is 3. The third-order valence-corrected chi connectivity index (χ3v) is 13.6. The van der Waals surface area contributed by atoms with E-state index < -0.39 is 6.16 Å². The highest BCUT2D eigenvalue weighted by molar-refractivity contribution is 5.78. The quantitative estimate of drug-likeness (QED) is 0.0356. The largest absolute Gasteiger partial charge is 0.513 e. The molecule has 0 amide bonds. The van der Waals surface area contributed by atoms with Crippen LogP contribution in [0.25, 0.3) is 0 Å². The standard InChI is InChI=1S/C68H64N2O6/c1-51(71)74-47-17-3-4-18-48-75-68(72)76-65-45-41-63(42-46-65)70(59-25-15-8-16-26-59)61-37-29-53(30-38-61)50-67(55-21-11-6-12-22-55)57-33-31-56(32-34-57)66(54-19-9-5-10-20-54)49-52-27-35-60(36-28-52)69(58-23-13-7-14-24-58)62-39-43-64(73-2)44-40-62/h5-16,19-46,66-67H,3-4,17-18,47-50H2,1-2H3. The van der Waals surface area contributed by atoms with E-state index in [0.29, 0.717) is 18.8 Å². The minimum Gasteiger partial charge on any atom is -0.497 e. The third kappa shape index (κ3) is 14.0. The Labute approximate surface area is 447 Å². The number of hydrogen-bond donors (Lipinski definition) is 0. The van der Waals surface area contributed by atoms with Crippen molar-refractivity contribution in [2.45, 2.75) is 57.3 Å². The van der Waals surface area contributed by atoms with E-state index in [2.05, 4.69) is 192 Å². The van der Waals surface area contributed by atoms with Crippen LogP contribution in [0.1, 0.15) is 77.8 Å². The zero-order chi connectivity index (χ0) is 52.3. The molecule has 76 heavy (non-hydrogen) atoms. The van der Waals surface area contributed by atoms with Gasteiger partial charge < -0.3 is 28.7 Å². The maximum atomic E-state index is 12.5. The monoisotopic (exact) mass is 1000 g/mol. The van der Waals surface area contributed by atoms with Crippen molar-refractivity contribution in [3.05, 3.63) is 276 Å². The Bertz CT molecular complexity index is 3170. The fourth-order valence-electron chi connectivity index (χ4n) is 9.72. The Balaban J connectivity index is 0.900. The molecule has 0 aliphatic carbocycles. The minimum atomic E-state index is -0.736. The van der Waals surface area contributed by atoms with Gasteiger partial charge in [0.25, 0.3) is 0 Å². The number of nitrogens with zero attached hydrogens (tertiary/aromatic N) is 2. The summed E-state index contributed by atoms with van der Waals surface area (Å²) in [6.45, 7) is 2.07. The summed E-state index contributed by atoms with van der Waals surface area (Å²) in [5.74, 6) is 1.24. The molecule has 0 spiro atoms. The van der Waals surface area contributed by atoms with Crippen LogP contribution >= 0.6 is 0 Å². The van der Waals surface area contributed by atoms with Crippen LogP contribution < -0.4 is 19.3 Å². The van der Waals surface area contributed by atoms with Crippen LogP contribution in [0.3, 0.4) is 0 Å². The lowest BCUT2D eigenvalue weighted by Gasteiger charge is -2.26. The molecule has 0 aliphatic heterocycles. The van der Waals surface area contributed by atoms with Gasteiger partial charge in [-0.25, -0.2) is 4.79 Å². The molecular formula is C68H64N2O6. The molecule has 8 heteroatoms. The first kappa shape index (κ1) is 52.0. The second kappa shape index (κ2) is 26.4. The molecule has 0 saturated heterocycles. The molecule has 9 rings (SSSR count). The predicted octanol–water partition coefficient (Wildman–Crippen LogP) is 17.0. The van der Waals surface area contributed by atoms with Crippen LogP contribution in [0.5, 0.6) is 11.5 Å². The van der Waals surface area contributed by atoms with Crippen LogP contribution in [0.4, 0.5) is 38.9 Å². The lowest BCUT2D eigenvalue weighted by atomic mass is 9.82. The van der Waals surface area contributed by atoms with E-state index in [4.69, 9.17) is 18.9 Å². The molecule has 2 atom stereocenters. The van der Waals surface area contributed by atoms with Gasteiger partial charge in [0.2, 0.25) is 0 Å². The average molecular weight is 1010 g/mol. The van der Waals surface area contributed by atoms with Gasteiger partial charge in [0, 0.05) is 52.9 Å². The lowest BCUT2D eigenvalue weighted by Crippen LogP contribution is -2.12. The molecule has 9 aromatic rings. The van der Waals surface area contributed by atoms with Gasteiger partial charge in [-0.15, -0.1) is 0 Å². The summed E-state index contributed by atoms with van der Waals surface area (Å²) in [7, 11) is 1.69. The van der Waals surface area contributed by atoms with Crippen molar-refractivity contribution < 1.29 is 28.5 Å². The lowest BCUT2D eigenvalue weighted by molar-refractivity contribution is -0.141. The van der Waals surface area contributed by atoms with E-state index in [0.717, 1.165) is 72.0 Å². The van der Waals surface area contributed by atoms with E-state index in [1.54, 1.807) is 19.2 Å². The van der Waals surface area contributed by atoms with Gasteiger partial charge in [0.05, 0.1) is 20.3 Å². The maximum absolute atomic E-state index is 12.5. The highest BCUT2D eigenvalue weighted by atomic mass is 16.7. The Morgan fingerprint density at radius 3 is 1.08 bits per heavy atom. The van der Waals surface area contributed by atoms with Crippen molar-refractivity contribution in [2.24, 2.45) is 0 Å². The number of rotatable bonds is 23. The Morgan fingerprint density at radius 1 is 0.368 bits per heavy atom. The van der Waals surface area contributed by atoms with Gasteiger partial charge in [-0.1, -0.05) is 146 Å². The smallest absolute Gasteiger partial charge is 0.497 e. The average Bonchev–Trinajstić information content (AvgIpc) is 3.47. The van der Waals surface area contributed by atoms with E-state index in [9.17, 15) is 9.59 Å². The Hall–Kier alpha value is -8.88. The second-order valence-electron chi connectivity index (χ2n) is 18.8. The predicted molar refractivity (Wildman–Crippen MR) is 306 cm³/mol. The molecule has 0 aromatic heterocycles. The summed E-state index contributed by atoms with van der Waals surface area (Å²) >= 11 is 0. The van der Waals surface area contributed by atoms with Gasteiger partial charge in [-0.05, 0) is 169 Å². The fraction of sp³-hybridized carbons (Fsp3) is 0.176. The number of benzene rings is 9. The first-order valence-corrected chi connectivity index (χ1v) is 26.2. The normalized spacial score (nSPS) is 11.7. The molecule has 9 aromatic carbocycles. The van der Waals surface area contributed by atoms with Crippen molar-refractivity contribution in [2.75, 3.05) is 30.1 Å². The van der Waals surface area contributed by atoms with Crippen LogP contribution in [-0.2, 0) is 27.1 Å². The number of carbonyl (C=O) groups is 2. The molecule has 382 valence electrons. The number of hydrogen-bond acceptors (Lipinski definition) is 8. The highest BCUT2D eigenvalue weighted by Gasteiger charge is 2.21. The molecular weight excluding hydrogens is 941 g/mol. The molecule has 0 bridgehead atoms. The second-order valence-corrected chi connectivity index (χ2v) is 18.8. The van der Waals surface area contributed by atoms with E-state index in [1.165, 1.54) is 40.3 Å². The zero-order valence-electron chi connectivity index (χ0n) is 43.2. The van der Waals surface area contributed by atoms with Crippen LogP contribution in [-0.4, -0.2) is 32.4 Å². The molecule has 0 saturated carbocycles. The number of carbonyl (C=O) groups excluding carboxylic acids is 2. The van der Waals surface area contributed by atoms with Crippen LogP contribution in [0, 0.1) is 0 Å². The summed E-state index contributed by atoms with van der Waals surface area (Å²) in [4.78, 5) is 27.9. The summed E-state index contributed by atoms with van der Waals surface area (Å²) < 4.78 is 21.3. The minimum absolute atomic E-state index is 0.130. The van der Waals surface area contributed by atoms with Crippen LogP contribution in [0.15, 0.2) is 243 Å². The van der Waals surface area contributed by atoms with Crippen molar-refractivity contribution in [3.8, 4) is 11.5 Å². The van der Waals surface area contributed by atoms with E-state index >= 15 is 0 Å². The fourth-order valence-corrected chi connectivity index (χ4v) is 9.72. The molecule has 0 heterocycles. The molecule has 0 aliphatic rings.